The lowest BCUT2D eigenvalue weighted by atomic mass is 10.2. The molecule has 1 aromatic heterocycles. The quantitative estimate of drug-likeness (QED) is 0.527. The van der Waals surface area contributed by atoms with Gasteiger partial charge >= 0.3 is 0 Å². The van der Waals surface area contributed by atoms with Crippen molar-refractivity contribution in [1.82, 2.24) is 15.1 Å². The summed E-state index contributed by atoms with van der Waals surface area (Å²) in [5.74, 6) is -1.58. The molecule has 1 fully saturated rings. The second-order valence-electron chi connectivity index (χ2n) is 7.81. The normalized spacial score (nSPS) is 14.9. The lowest BCUT2D eigenvalue weighted by Crippen LogP contribution is -2.57. The number of amides is 3. The molecule has 35 heavy (non-hydrogen) atoms. The molecule has 2 aromatic carbocycles. The second kappa shape index (κ2) is 10.6. The Morgan fingerprint density at radius 3 is 2.09 bits per heavy atom. The van der Waals surface area contributed by atoms with Crippen LogP contribution in [0.2, 0.25) is 5.02 Å². The number of rotatable bonds is 6. The summed E-state index contributed by atoms with van der Waals surface area (Å²) in [7, 11) is -4.22. The van der Waals surface area contributed by atoms with Crippen LogP contribution in [0.25, 0.3) is 0 Å². The van der Waals surface area contributed by atoms with Crippen molar-refractivity contribution < 1.29 is 22.8 Å². The van der Waals surface area contributed by atoms with Gasteiger partial charge in [0.2, 0.25) is 15.2 Å². The number of hydrogen-bond acceptors (Lipinski definition) is 6. The molecule has 0 spiro atoms. The van der Waals surface area contributed by atoms with Crippen LogP contribution in [0.3, 0.4) is 0 Å². The summed E-state index contributed by atoms with van der Waals surface area (Å²) in [6.07, 6.45) is 0. The molecule has 11 heteroatoms. The first kappa shape index (κ1) is 24.9. The summed E-state index contributed by atoms with van der Waals surface area (Å²) < 4.78 is 26.7. The zero-order chi connectivity index (χ0) is 25.0. The van der Waals surface area contributed by atoms with E-state index in [0.717, 1.165) is 11.3 Å². The Morgan fingerprint density at radius 1 is 0.857 bits per heavy atom. The van der Waals surface area contributed by atoms with E-state index in [9.17, 15) is 22.8 Å². The molecule has 4 rings (SSSR count). The number of thiophene rings is 1. The minimum Gasteiger partial charge on any atom is -0.336 e. The Kier molecular flexibility index (Phi) is 7.54. The second-order valence-corrected chi connectivity index (χ2v) is 11.2. The molecule has 3 amide bonds. The first-order valence-corrected chi connectivity index (χ1v) is 13.5. The Balaban J connectivity index is 1.52. The van der Waals surface area contributed by atoms with Crippen molar-refractivity contribution >= 4 is 50.5 Å². The molecule has 0 saturated carbocycles. The smallest absolute Gasteiger partial charge is 0.262 e. The van der Waals surface area contributed by atoms with E-state index in [2.05, 4.69) is 5.32 Å². The first-order valence-electron chi connectivity index (χ1n) is 10.7. The van der Waals surface area contributed by atoms with Gasteiger partial charge in [0.15, 0.2) is 0 Å². The Hall–Kier alpha value is -3.21. The molecule has 1 saturated heterocycles. The number of sulfone groups is 1. The highest BCUT2D eigenvalue weighted by Crippen LogP contribution is 2.19. The van der Waals surface area contributed by atoms with Gasteiger partial charge in [0.1, 0.15) is 0 Å². The standard InChI is InChI=1S/C24H22ClN3O5S2/c25-18-10-8-17(9-11-18)23(30)27-12-14-28(15-13-27)24(31)22(26-21(29)20-7-4-16-34-20)35(32,33)19-5-2-1-3-6-19/h1-11,16,22H,12-15H2,(H,26,29)/t22-/m0/s1. The maximum Gasteiger partial charge on any atom is 0.262 e. The molecule has 1 aliphatic rings. The van der Waals surface area contributed by atoms with Crippen molar-refractivity contribution in [1.29, 1.82) is 0 Å². The molecule has 0 bridgehead atoms. The molecule has 182 valence electrons. The number of carbonyl (C=O) groups is 3. The maximum absolute atomic E-state index is 13.4. The van der Waals surface area contributed by atoms with Gasteiger partial charge in [-0.3, -0.25) is 14.4 Å². The monoisotopic (exact) mass is 531 g/mol. The van der Waals surface area contributed by atoms with Crippen LogP contribution < -0.4 is 5.32 Å². The van der Waals surface area contributed by atoms with E-state index in [-0.39, 0.29) is 37.0 Å². The van der Waals surface area contributed by atoms with Gasteiger partial charge in [0.05, 0.1) is 9.77 Å². The maximum atomic E-state index is 13.4. The minimum absolute atomic E-state index is 0.0682. The zero-order valence-electron chi connectivity index (χ0n) is 18.5. The Morgan fingerprint density at radius 2 is 1.49 bits per heavy atom. The summed E-state index contributed by atoms with van der Waals surface area (Å²) >= 11 is 7.03. The predicted molar refractivity (Wildman–Crippen MR) is 133 cm³/mol. The lowest BCUT2D eigenvalue weighted by Gasteiger charge is -2.36. The van der Waals surface area contributed by atoms with Gasteiger partial charge in [-0.1, -0.05) is 35.9 Å². The van der Waals surface area contributed by atoms with E-state index in [1.165, 1.54) is 17.0 Å². The highest BCUT2D eigenvalue weighted by molar-refractivity contribution is 7.92. The third-order valence-electron chi connectivity index (χ3n) is 5.58. The van der Waals surface area contributed by atoms with Crippen molar-refractivity contribution in [3.63, 3.8) is 0 Å². The highest BCUT2D eigenvalue weighted by atomic mass is 35.5. The zero-order valence-corrected chi connectivity index (χ0v) is 20.9. The molecule has 1 aliphatic heterocycles. The van der Waals surface area contributed by atoms with E-state index in [0.29, 0.717) is 15.5 Å². The van der Waals surface area contributed by atoms with Crippen molar-refractivity contribution in [3.8, 4) is 0 Å². The third-order valence-corrected chi connectivity index (χ3v) is 8.57. The average molecular weight is 532 g/mol. The van der Waals surface area contributed by atoms with Crippen LogP contribution in [0.5, 0.6) is 0 Å². The van der Waals surface area contributed by atoms with Gasteiger partial charge in [-0.25, -0.2) is 8.42 Å². The largest absolute Gasteiger partial charge is 0.336 e. The fraction of sp³-hybridized carbons (Fsp3) is 0.208. The molecule has 8 nitrogen and oxygen atoms in total. The molecule has 0 aliphatic carbocycles. The van der Waals surface area contributed by atoms with Crippen molar-refractivity contribution in [3.05, 3.63) is 87.6 Å². The fourth-order valence-corrected chi connectivity index (χ4v) is 5.93. The number of hydrogen-bond donors (Lipinski definition) is 1. The molecule has 2 heterocycles. The molecular weight excluding hydrogens is 510 g/mol. The van der Waals surface area contributed by atoms with Crippen molar-refractivity contribution in [2.45, 2.75) is 10.3 Å². The summed E-state index contributed by atoms with van der Waals surface area (Å²) in [6.45, 7) is 0.718. The van der Waals surface area contributed by atoms with Crippen LogP contribution in [-0.4, -0.2) is 67.5 Å². The van der Waals surface area contributed by atoms with Crippen LogP contribution in [-0.2, 0) is 14.6 Å². The first-order chi connectivity index (χ1) is 16.8. The van der Waals surface area contributed by atoms with Crippen molar-refractivity contribution in [2.24, 2.45) is 0 Å². The Bertz CT molecular complexity index is 1300. The Labute approximate surface area is 212 Å². The molecule has 0 unspecified atom stereocenters. The highest BCUT2D eigenvalue weighted by Gasteiger charge is 2.39. The molecule has 3 aromatic rings. The van der Waals surface area contributed by atoms with Gasteiger partial charge in [-0.15, -0.1) is 11.3 Å². The lowest BCUT2D eigenvalue weighted by molar-refractivity contribution is -0.132. The summed E-state index contributed by atoms with van der Waals surface area (Å²) in [4.78, 5) is 42.1. The number of nitrogens with one attached hydrogen (secondary N) is 1. The van der Waals surface area contributed by atoms with Gasteiger partial charge in [0.25, 0.3) is 17.7 Å². The summed E-state index contributed by atoms with van der Waals surface area (Å²) in [5, 5.41) is 2.84. The number of piperazine rings is 1. The molecule has 1 atom stereocenters. The van der Waals surface area contributed by atoms with E-state index < -0.39 is 27.0 Å². The van der Waals surface area contributed by atoms with Crippen LogP contribution in [0.1, 0.15) is 20.0 Å². The summed E-state index contributed by atoms with van der Waals surface area (Å²) in [5.41, 5.74) is 0.474. The minimum atomic E-state index is -4.22. The SMILES string of the molecule is O=C(N[C@H](C(=O)N1CCN(C(=O)c2ccc(Cl)cc2)CC1)S(=O)(=O)c1ccccc1)c1cccs1. The van der Waals surface area contributed by atoms with Crippen LogP contribution in [0, 0.1) is 0 Å². The number of halogens is 1. The number of carbonyl (C=O) groups excluding carboxylic acids is 3. The van der Waals surface area contributed by atoms with E-state index >= 15 is 0 Å². The van der Waals surface area contributed by atoms with E-state index in [1.54, 1.807) is 64.9 Å². The average Bonchev–Trinajstić information content (AvgIpc) is 3.43. The molecule has 1 N–H and O–H groups in total. The van der Waals surface area contributed by atoms with Crippen molar-refractivity contribution in [2.75, 3.05) is 26.2 Å². The fourth-order valence-electron chi connectivity index (χ4n) is 3.69. The van der Waals surface area contributed by atoms with Crippen LogP contribution in [0.15, 0.2) is 77.0 Å². The van der Waals surface area contributed by atoms with E-state index in [4.69, 9.17) is 11.6 Å². The van der Waals surface area contributed by atoms with Crippen LogP contribution >= 0.6 is 22.9 Å². The van der Waals surface area contributed by atoms with Crippen LogP contribution in [0.4, 0.5) is 0 Å². The van der Waals surface area contributed by atoms with Gasteiger partial charge in [-0.05, 0) is 47.8 Å². The topological polar surface area (TPSA) is 104 Å². The van der Waals surface area contributed by atoms with Gasteiger partial charge < -0.3 is 15.1 Å². The molecule has 0 radical (unpaired) electrons. The number of benzene rings is 2. The van der Waals surface area contributed by atoms with Gasteiger partial charge in [0, 0.05) is 36.8 Å². The summed E-state index contributed by atoms with van der Waals surface area (Å²) in [6, 6.07) is 17.3. The number of nitrogens with zero attached hydrogens (tertiary/aromatic N) is 2. The van der Waals surface area contributed by atoms with Gasteiger partial charge in [-0.2, -0.15) is 0 Å². The third kappa shape index (κ3) is 5.55. The van der Waals surface area contributed by atoms with E-state index in [1.807, 2.05) is 0 Å². The molecular formula is C24H22ClN3O5S2. The predicted octanol–water partition coefficient (Wildman–Crippen LogP) is 2.92.